The van der Waals surface area contributed by atoms with Crippen LogP contribution in [0.1, 0.15) is 37.7 Å². The van der Waals surface area contributed by atoms with E-state index in [2.05, 4.69) is 4.98 Å². The number of rotatable bonds is 6. The molecule has 0 saturated carbocycles. The number of aromatic nitrogens is 2. The molecule has 0 spiro atoms. The normalized spacial score (nSPS) is 20.0. The van der Waals surface area contributed by atoms with E-state index in [0.29, 0.717) is 44.6 Å². The van der Waals surface area contributed by atoms with Crippen LogP contribution in [0.25, 0.3) is 0 Å². The molecule has 2 aliphatic heterocycles. The quantitative estimate of drug-likeness (QED) is 0.717. The van der Waals surface area contributed by atoms with Crippen molar-refractivity contribution in [2.75, 3.05) is 31.1 Å². The number of anilines is 1. The summed E-state index contributed by atoms with van der Waals surface area (Å²) < 4.78 is 28.1. The molecule has 3 heterocycles. The third-order valence-electron chi connectivity index (χ3n) is 6.67. The van der Waals surface area contributed by atoms with Crippen LogP contribution >= 0.6 is 0 Å². The van der Waals surface area contributed by atoms with Gasteiger partial charge in [-0.1, -0.05) is 30.3 Å². The third kappa shape index (κ3) is 5.96. The molecule has 2 aromatic rings. The zero-order valence-electron chi connectivity index (χ0n) is 18.6. The van der Waals surface area contributed by atoms with Crippen LogP contribution in [0.3, 0.4) is 0 Å². The molecular weight excluding hydrogens is 430 g/mol. The van der Waals surface area contributed by atoms with E-state index in [-0.39, 0.29) is 43.9 Å². The largest absolute Gasteiger partial charge is 0.388 e. The second-order valence-electron chi connectivity index (χ2n) is 9.15. The minimum Gasteiger partial charge on any atom is -0.388 e. The van der Waals surface area contributed by atoms with Crippen LogP contribution in [0.4, 0.5) is 14.6 Å². The Bertz CT molecular complexity index is 1010. The number of amides is 1. The highest BCUT2D eigenvalue weighted by atomic mass is 19.3. The molecule has 0 radical (unpaired) electrons. The number of aliphatic hydroxyl groups is 1. The first-order chi connectivity index (χ1) is 15.7. The predicted molar refractivity (Wildman–Crippen MR) is 120 cm³/mol. The Morgan fingerprint density at radius 2 is 1.70 bits per heavy atom. The number of hydrogen-bond acceptors (Lipinski definition) is 5. The van der Waals surface area contributed by atoms with Gasteiger partial charge in [-0.2, -0.15) is 0 Å². The summed E-state index contributed by atoms with van der Waals surface area (Å²) in [7, 11) is 0. The molecule has 1 aromatic heterocycles. The Hall–Kier alpha value is -2.81. The topological polar surface area (TPSA) is 78.7 Å². The lowest BCUT2D eigenvalue weighted by molar-refractivity contribution is -0.135. The molecule has 0 atom stereocenters. The summed E-state index contributed by atoms with van der Waals surface area (Å²) in [5, 5.41) is 11.0. The van der Waals surface area contributed by atoms with E-state index in [9.17, 15) is 23.5 Å². The number of likely N-dealkylation sites (tertiary alicyclic amines) is 1. The number of carbonyl (C=O) groups excluding carboxylic acids is 1. The van der Waals surface area contributed by atoms with Crippen molar-refractivity contribution in [3.05, 3.63) is 58.6 Å². The number of halogens is 2. The van der Waals surface area contributed by atoms with Gasteiger partial charge in [-0.3, -0.25) is 14.2 Å². The Morgan fingerprint density at radius 3 is 2.33 bits per heavy atom. The summed E-state index contributed by atoms with van der Waals surface area (Å²) in [6.07, 6.45) is 2.73. The first kappa shape index (κ1) is 23.4. The predicted octanol–water partition coefficient (Wildman–Crippen LogP) is 2.47. The number of alkyl halides is 2. The van der Waals surface area contributed by atoms with Gasteiger partial charge in [0.05, 0.1) is 18.5 Å². The highest BCUT2D eigenvalue weighted by molar-refractivity contribution is 5.76. The SMILES string of the molecule is O=C(CCc1ccccc1)N1CCC(O)(Cn2cnc(N3CCC(F)(F)CC3)cc2=O)CC1. The maximum absolute atomic E-state index is 13.4. The van der Waals surface area contributed by atoms with Gasteiger partial charge in [0.25, 0.3) is 11.5 Å². The van der Waals surface area contributed by atoms with Crippen LogP contribution in [-0.4, -0.2) is 63.2 Å². The van der Waals surface area contributed by atoms with Gasteiger partial charge in [0.2, 0.25) is 5.91 Å². The average Bonchev–Trinajstić information content (AvgIpc) is 2.80. The minimum atomic E-state index is -2.66. The van der Waals surface area contributed by atoms with E-state index < -0.39 is 11.5 Å². The van der Waals surface area contributed by atoms with Gasteiger partial charge in [-0.15, -0.1) is 0 Å². The van der Waals surface area contributed by atoms with E-state index in [0.717, 1.165) is 5.56 Å². The maximum atomic E-state index is 13.4. The molecule has 4 rings (SSSR count). The van der Waals surface area contributed by atoms with Crippen LogP contribution in [-0.2, 0) is 17.8 Å². The van der Waals surface area contributed by atoms with Gasteiger partial charge in [0.1, 0.15) is 5.82 Å². The molecule has 9 heteroatoms. The lowest BCUT2D eigenvalue weighted by Crippen LogP contribution is -2.49. The smallest absolute Gasteiger partial charge is 0.255 e. The Labute approximate surface area is 191 Å². The molecule has 1 aromatic carbocycles. The number of hydrogen-bond donors (Lipinski definition) is 1. The van der Waals surface area contributed by atoms with Gasteiger partial charge < -0.3 is 14.9 Å². The van der Waals surface area contributed by atoms with Crippen molar-refractivity contribution >= 4 is 11.7 Å². The Morgan fingerprint density at radius 1 is 1.03 bits per heavy atom. The molecule has 2 saturated heterocycles. The summed E-state index contributed by atoms with van der Waals surface area (Å²) >= 11 is 0. The first-order valence-electron chi connectivity index (χ1n) is 11.5. The van der Waals surface area contributed by atoms with Crippen molar-refractivity contribution in [2.45, 2.75) is 56.6 Å². The first-order valence-corrected chi connectivity index (χ1v) is 11.5. The average molecular weight is 461 g/mol. The van der Waals surface area contributed by atoms with Gasteiger partial charge in [0.15, 0.2) is 0 Å². The highest BCUT2D eigenvalue weighted by Gasteiger charge is 2.36. The van der Waals surface area contributed by atoms with Crippen LogP contribution in [0.5, 0.6) is 0 Å². The van der Waals surface area contributed by atoms with Gasteiger partial charge in [-0.05, 0) is 24.8 Å². The molecule has 0 aliphatic carbocycles. The third-order valence-corrected chi connectivity index (χ3v) is 6.67. The van der Waals surface area contributed by atoms with Crippen molar-refractivity contribution in [1.82, 2.24) is 14.5 Å². The molecule has 0 unspecified atom stereocenters. The standard InChI is InChI=1S/C24H30F2N4O3/c25-24(26)10-14-28(15-11-24)20-16-22(32)30(18-27-20)17-23(33)8-12-29(13-9-23)21(31)7-6-19-4-2-1-3-5-19/h1-5,16,18,33H,6-15,17H2. The summed E-state index contributed by atoms with van der Waals surface area (Å²) in [6.45, 7) is 1.27. The van der Waals surface area contributed by atoms with Crippen LogP contribution in [0, 0.1) is 0 Å². The molecular formula is C24H30F2N4O3. The van der Waals surface area contributed by atoms with Gasteiger partial charge >= 0.3 is 0 Å². The van der Waals surface area contributed by atoms with Gasteiger partial charge in [0, 0.05) is 51.5 Å². The fourth-order valence-corrected chi connectivity index (χ4v) is 4.47. The Kier molecular flexibility index (Phi) is 6.78. The van der Waals surface area contributed by atoms with E-state index in [1.165, 1.54) is 17.0 Å². The van der Waals surface area contributed by atoms with Crippen molar-refractivity contribution in [3.63, 3.8) is 0 Å². The Balaban J connectivity index is 1.30. The molecule has 33 heavy (non-hydrogen) atoms. The fourth-order valence-electron chi connectivity index (χ4n) is 4.47. The minimum absolute atomic E-state index is 0.0659. The van der Waals surface area contributed by atoms with E-state index >= 15 is 0 Å². The van der Waals surface area contributed by atoms with E-state index in [1.807, 2.05) is 30.3 Å². The summed E-state index contributed by atoms with van der Waals surface area (Å²) in [6, 6.07) is 11.2. The second kappa shape index (κ2) is 9.59. The molecule has 2 fully saturated rings. The molecule has 0 bridgehead atoms. The van der Waals surface area contributed by atoms with Crippen LogP contribution < -0.4 is 10.5 Å². The van der Waals surface area contributed by atoms with Crippen molar-refractivity contribution in [3.8, 4) is 0 Å². The molecule has 1 N–H and O–H groups in total. The zero-order valence-corrected chi connectivity index (χ0v) is 18.6. The lowest BCUT2D eigenvalue weighted by Gasteiger charge is -2.38. The summed E-state index contributed by atoms with van der Waals surface area (Å²) in [5.74, 6) is -2.21. The van der Waals surface area contributed by atoms with Crippen LogP contribution in [0.2, 0.25) is 0 Å². The van der Waals surface area contributed by atoms with Crippen molar-refractivity contribution in [1.29, 1.82) is 0 Å². The molecule has 1 amide bonds. The monoisotopic (exact) mass is 460 g/mol. The van der Waals surface area contributed by atoms with Gasteiger partial charge in [-0.25, -0.2) is 13.8 Å². The molecule has 7 nitrogen and oxygen atoms in total. The lowest BCUT2D eigenvalue weighted by atomic mass is 9.91. The number of aryl methyl sites for hydroxylation is 1. The number of carbonyl (C=O) groups is 1. The summed E-state index contributed by atoms with van der Waals surface area (Å²) in [5.41, 5.74) is -0.309. The van der Waals surface area contributed by atoms with Crippen molar-refractivity contribution in [2.24, 2.45) is 0 Å². The fraction of sp³-hybridized carbons (Fsp3) is 0.542. The molecule has 178 valence electrons. The number of nitrogens with zero attached hydrogens (tertiary/aromatic N) is 4. The zero-order chi connectivity index (χ0) is 23.5. The molecule has 2 aliphatic rings. The van der Waals surface area contributed by atoms with Crippen molar-refractivity contribution < 1.29 is 18.7 Å². The van der Waals surface area contributed by atoms with Crippen LogP contribution in [0.15, 0.2) is 47.5 Å². The van der Waals surface area contributed by atoms with E-state index in [1.54, 1.807) is 9.80 Å². The highest BCUT2D eigenvalue weighted by Crippen LogP contribution is 2.29. The number of piperidine rings is 2. The number of benzene rings is 1. The van der Waals surface area contributed by atoms with E-state index in [4.69, 9.17) is 0 Å². The summed E-state index contributed by atoms with van der Waals surface area (Å²) in [4.78, 5) is 32.9. The maximum Gasteiger partial charge on any atom is 0.255 e. The second-order valence-corrected chi connectivity index (χ2v) is 9.15.